The van der Waals surface area contributed by atoms with Gasteiger partial charge < -0.3 is 15.0 Å². The van der Waals surface area contributed by atoms with Gasteiger partial charge in [0.15, 0.2) is 0 Å². The van der Waals surface area contributed by atoms with Crippen molar-refractivity contribution in [2.45, 2.75) is 32.3 Å². The van der Waals surface area contributed by atoms with Crippen LogP contribution in [0.15, 0.2) is 24.3 Å². The Labute approximate surface area is 171 Å². The molecule has 0 amide bonds. The van der Waals surface area contributed by atoms with Crippen LogP contribution in [0.5, 0.6) is 6.01 Å². The van der Waals surface area contributed by atoms with Crippen LogP contribution in [0.2, 0.25) is 0 Å². The zero-order chi connectivity index (χ0) is 23.4. The molecule has 1 aromatic heterocycles. The number of alkyl halides is 6. The van der Waals surface area contributed by atoms with Crippen molar-refractivity contribution in [3.05, 3.63) is 34.4 Å². The maximum atomic E-state index is 12.9. The Kier molecular flexibility index (Phi) is 7.07. The smallest absolute Gasteiger partial charge is 0.434 e. The van der Waals surface area contributed by atoms with Crippen molar-refractivity contribution >= 4 is 23.3 Å². The van der Waals surface area contributed by atoms with E-state index in [1.165, 1.54) is 23.1 Å². The van der Waals surface area contributed by atoms with Crippen molar-refractivity contribution in [1.29, 1.82) is 0 Å². The summed E-state index contributed by atoms with van der Waals surface area (Å²) in [7, 11) is 0. The minimum atomic E-state index is -5.77. The number of nitrogens with zero attached hydrogens (tertiary/aromatic N) is 5. The lowest BCUT2D eigenvalue weighted by atomic mass is 10.3. The molecule has 9 nitrogen and oxygen atoms in total. The molecule has 170 valence electrons. The third kappa shape index (κ3) is 6.29. The zero-order valence-corrected chi connectivity index (χ0v) is 16.0. The number of rotatable bonds is 8. The van der Waals surface area contributed by atoms with Gasteiger partial charge in [-0.15, -0.1) is 0 Å². The molecule has 0 atom stereocenters. The summed E-state index contributed by atoms with van der Waals surface area (Å²) >= 11 is 0. The summed E-state index contributed by atoms with van der Waals surface area (Å²) in [6.07, 6.45) is -15.7. The van der Waals surface area contributed by atoms with Gasteiger partial charge in [0.1, 0.15) is 0 Å². The first-order chi connectivity index (χ1) is 14.3. The summed E-state index contributed by atoms with van der Waals surface area (Å²) in [4.78, 5) is 22.6. The van der Waals surface area contributed by atoms with Crippen LogP contribution in [0, 0.1) is 10.1 Å². The van der Waals surface area contributed by atoms with Crippen LogP contribution >= 0.6 is 0 Å². The Morgan fingerprint density at radius 2 is 1.71 bits per heavy atom. The second kappa shape index (κ2) is 9.18. The number of anilines is 3. The number of halogens is 6. The van der Waals surface area contributed by atoms with Gasteiger partial charge >= 0.3 is 18.4 Å². The molecular formula is C16H16F6N6O3. The molecule has 0 spiro atoms. The van der Waals surface area contributed by atoms with E-state index in [0.29, 0.717) is 0 Å². The van der Waals surface area contributed by atoms with Crippen molar-refractivity contribution < 1.29 is 36.0 Å². The Bertz CT molecular complexity index is 905. The quantitative estimate of drug-likeness (QED) is 0.359. The van der Waals surface area contributed by atoms with Crippen LogP contribution in [-0.2, 0) is 0 Å². The van der Waals surface area contributed by atoms with Crippen LogP contribution in [0.4, 0.5) is 49.6 Å². The molecule has 0 unspecified atom stereocenters. The number of ether oxygens (including phenoxy) is 1. The minimum absolute atomic E-state index is 0.0695. The average Bonchev–Trinajstić information content (AvgIpc) is 2.65. The van der Waals surface area contributed by atoms with Gasteiger partial charge in [-0.25, -0.2) is 0 Å². The van der Waals surface area contributed by atoms with Gasteiger partial charge in [-0.3, -0.25) is 10.1 Å². The third-order valence-corrected chi connectivity index (χ3v) is 3.78. The van der Waals surface area contributed by atoms with E-state index < -0.39 is 35.3 Å². The normalized spacial score (nSPS) is 12.0. The van der Waals surface area contributed by atoms with Gasteiger partial charge in [-0.2, -0.15) is 41.3 Å². The molecule has 1 aromatic carbocycles. The lowest BCUT2D eigenvalue weighted by Gasteiger charge is -2.24. The molecule has 0 bridgehead atoms. The van der Waals surface area contributed by atoms with E-state index in [1.807, 2.05) is 0 Å². The summed E-state index contributed by atoms with van der Waals surface area (Å²) in [6.45, 7) is 3.88. The van der Waals surface area contributed by atoms with E-state index in [0.717, 1.165) is 6.07 Å². The third-order valence-electron chi connectivity index (χ3n) is 3.78. The van der Waals surface area contributed by atoms with Crippen LogP contribution in [0.3, 0.4) is 0 Å². The van der Waals surface area contributed by atoms with Gasteiger partial charge in [-0.1, -0.05) is 6.07 Å². The summed E-state index contributed by atoms with van der Waals surface area (Å²) in [5.74, 6) is -0.707. The topological polar surface area (TPSA) is 106 Å². The van der Waals surface area contributed by atoms with Crippen LogP contribution in [0.25, 0.3) is 0 Å². The average molecular weight is 454 g/mol. The van der Waals surface area contributed by atoms with E-state index >= 15 is 0 Å². The van der Waals surface area contributed by atoms with E-state index in [4.69, 9.17) is 0 Å². The lowest BCUT2D eigenvalue weighted by Crippen LogP contribution is -2.47. The largest absolute Gasteiger partial charge is 0.440 e. The highest BCUT2D eigenvalue weighted by Gasteiger charge is 2.59. The number of hydrogen-bond donors (Lipinski definition) is 1. The maximum Gasteiger partial charge on any atom is 0.434 e. The predicted molar refractivity (Wildman–Crippen MR) is 96.3 cm³/mol. The van der Waals surface area contributed by atoms with Crippen molar-refractivity contribution in [3.63, 3.8) is 0 Å². The molecule has 0 aliphatic rings. The van der Waals surface area contributed by atoms with Gasteiger partial charge in [0, 0.05) is 30.9 Å². The number of benzene rings is 1. The second-order valence-electron chi connectivity index (χ2n) is 5.93. The second-order valence-corrected chi connectivity index (χ2v) is 5.93. The molecule has 1 heterocycles. The molecule has 15 heteroatoms. The molecule has 0 fully saturated rings. The van der Waals surface area contributed by atoms with Crippen LogP contribution < -0.4 is 15.0 Å². The maximum absolute atomic E-state index is 12.9. The fraction of sp³-hybridized carbons (Fsp3) is 0.438. The fourth-order valence-corrected chi connectivity index (χ4v) is 2.35. The fourth-order valence-electron chi connectivity index (χ4n) is 2.35. The molecule has 0 aliphatic carbocycles. The summed E-state index contributed by atoms with van der Waals surface area (Å²) in [5.41, 5.74) is -0.242. The van der Waals surface area contributed by atoms with Crippen molar-refractivity contribution in [2.24, 2.45) is 0 Å². The SMILES string of the molecule is CCN(CC)c1nc(Nc2cccc([N+](=O)[O-])c2)nc(OC(C(F)(F)F)C(F)(F)F)n1. The van der Waals surface area contributed by atoms with Crippen LogP contribution in [-0.4, -0.2) is 51.4 Å². The Morgan fingerprint density at radius 1 is 1.10 bits per heavy atom. The number of aromatic nitrogens is 3. The van der Waals surface area contributed by atoms with Crippen LogP contribution in [0.1, 0.15) is 13.8 Å². The first-order valence-corrected chi connectivity index (χ1v) is 8.67. The summed E-state index contributed by atoms with van der Waals surface area (Å²) in [6, 6.07) is 3.72. The Balaban J connectivity index is 2.48. The molecule has 0 radical (unpaired) electrons. The Morgan fingerprint density at radius 3 is 2.23 bits per heavy atom. The van der Waals surface area contributed by atoms with Gasteiger partial charge in [0.25, 0.3) is 11.8 Å². The predicted octanol–water partition coefficient (Wildman–Crippen LogP) is 4.24. The van der Waals surface area contributed by atoms with E-state index in [9.17, 15) is 36.5 Å². The monoisotopic (exact) mass is 454 g/mol. The lowest BCUT2D eigenvalue weighted by molar-refractivity contribution is -0.384. The highest BCUT2D eigenvalue weighted by Crippen LogP contribution is 2.36. The highest BCUT2D eigenvalue weighted by atomic mass is 19.4. The Hall–Kier alpha value is -3.39. The highest BCUT2D eigenvalue weighted by molar-refractivity contribution is 5.58. The molecule has 31 heavy (non-hydrogen) atoms. The van der Waals surface area contributed by atoms with Gasteiger partial charge in [-0.05, 0) is 19.9 Å². The molecule has 0 saturated carbocycles. The van der Waals surface area contributed by atoms with Gasteiger partial charge in [0.05, 0.1) is 4.92 Å². The number of nitrogens with one attached hydrogen (secondary N) is 1. The van der Waals surface area contributed by atoms with E-state index in [-0.39, 0.29) is 30.4 Å². The molecule has 0 saturated heterocycles. The minimum Gasteiger partial charge on any atom is -0.440 e. The first kappa shape index (κ1) is 23.9. The van der Waals surface area contributed by atoms with E-state index in [1.54, 1.807) is 13.8 Å². The molecular weight excluding hydrogens is 438 g/mol. The van der Waals surface area contributed by atoms with Crippen molar-refractivity contribution in [3.8, 4) is 6.01 Å². The zero-order valence-electron chi connectivity index (χ0n) is 16.0. The van der Waals surface area contributed by atoms with Crippen molar-refractivity contribution in [2.75, 3.05) is 23.3 Å². The standard InChI is InChI=1S/C16H16F6N6O3/c1-3-27(4-2)13-24-12(23-9-6-5-7-10(8-9)28(29)30)25-14(26-13)31-11(15(17,18)19)16(20,21)22/h5-8,11H,3-4H2,1-2H3,(H,23,24,25,26). The first-order valence-electron chi connectivity index (χ1n) is 8.67. The molecule has 1 N–H and O–H groups in total. The molecule has 2 aromatic rings. The number of nitro groups is 1. The number of non-ortho nitro benzene ring substituents is 1. The molecule has 0 aliphatic heterocycles. The molecule has 2 rings (SSSR count). The number of nitro benzene ring substituents is 1. The van der Waals surface area contributed by atoms with E-state index in [2.05, 4.69) is 25.0 Å². The summed E-state index contributed by atoms with van der Waals surface area (Å²) < 4.78 is 81.2. The number of hydrogen-bond acceptors (Lipinski definition) is 8. The van der Waals surface area contributed by atoms with Gasteiger partial charge in [0.2, 0.25) is 11.9 Å². The van der Waals surface area contributed by atoms with Crippen molar-refractivity contribution in [1.82, 2.24) is 15.0 Å². The summed E-state index contributed by atoms with van der Waals surface area (Å²) in [5, 5.41) is 13.4.